The molecule has 0 radical (unpaired) electrons. The number of aromatic nitrogens is 2. The van der Waals surface area contributed by atoms with E-state index in [1.807, 2.05) is 18.5 Å². The first-order valence-electron chi connectivity index (χ1n) is 6.86. The molecule has 2 heterocycles. The minimum atomic E-state index is 0.180. The molecule has 1 aromatic heterocycles. The van der Waals surface area contributed by atoms with Crippen LogP contribution in [0.2, 0.25) is 0 Å². The molecule has 2 rings (SSSR count). The Hall–Kier alpha value is -1.00. The molecule has 0 aliphatic carbocycles. The Bertz CT molecular complexity index is 363. The van der Waals surface area contributed by atoms with E-state index in [4.69, 9.17) is 0 Å². The van der Waals surface area contributed by atoms with Gasteiger partial charge in [0.1, 0.15) is 5.82 Å². The molecule has 4 nitrogen and oxygen atoms in total. The van der Waals surface area contributed by atoms with E-state index in [0.29, 0.717) is 6.04 Å². The molecule has 1 aliphatic rings. The van der Waals surface area contributed by atoms with E-state index >= 15 is 0 Å². The van der Waals surface area contributed by atoms with Crippen molar-refractivity contribution >= 4 is 0 Å². The van der Waals surface area contributed by atoms with Gasteiger partial charge in [-0.05, 0) is 26.3 Å². The Labute approximate surface area is 110 Å². The lowest BCUT2D eigenvalue weighted by Gasteiger charge is -2.44. The van der Waals surface area contributed by atoms with Gasteiger partial charge in [-0.15, -0.1) is 0 Å². The summed E-state index contributed by atoms with van der Waals surface area (Å²) < 4.78 is 0. The molecule has 1 N–H and O–H groups in total. The molecule has 0 bridgehead atoms. The molecular weight excluding hydrogens is 224 g/mol. The third-order valence-corrected chi connectivity index (χ3v) is 3.52. The van der Waals surface area contributed by atoms with Gasteiger partial charge in [-0.2, -0.15) is 0 Å². The molecule has 0 spiro atoms. The van der Waals surface area contributed by atoms with E-state index in [1.54, 1.807) is 0 Å². The van der Waals surface area contributed by atoms with Gasteiger partial charge in [0.05, 0.1) is 6.54 Å². The number of hydrogen-bond acceptors (Lipinski definition) is 4. The Balaban J connectivity index is 2.05. The molecule has 0 amide bonds. The van der Waals surface area contributed by atoms with Crippen molar-refractivity contribution < 1.29 is 0 Å². The average molecular weight is 248 g/mol. The molecular formula is C14H24N4. The van der Waals surface area contributed by atoms with Crippen molar-refractivity contribution in [2.45, 2.75) is 51.7 Å². The van der Waals surface area contributed by atoms with E-state index in [0.717, 1.165) is 25.5 Å². The van der Waals surface area contributed by atoms with Gasteiger partial charge in [0.2, 0.25) is 0 Å². The first-order valence-corrected chi connectivity index (χ1v) is 6.86. The second-order valence-corrected chi connectivity index (χ2v) is 5.78. The molecule has 4 heteroatoms. The summed E-state index contributed by atoms with van der Waals surface area (Å²) in [6.07, 6.45) is 6.10. The standard InChI is InChI=1S/C14H24N4/c1-4-6-12-9-17-14(2,3)11-18(12)10-13-15-7-5-8-16-13/h5,7-8,12,17H,4,6,9-11H2,1-3H3. The topological polar surface area (TPSA) is 41.0 Å². The summed E-state index contributed by atoms with van der Waals surface area (Å²) >= 11 is 0. The maximum absolute atomic E-state index is 4.34. The molecule has 1 aliphatic heterocycles. The molecule has 0 aromatic carbocycles. The highest BCUT2D eigenvalue weighted by molar-refractivity contribution is 4.96. The van der Waals surface area contributed by atoms with E-state index in [1.165, 1.54) is 12.8 Å². The Kier molecular flexibility index (Phi) is 4.30. The summed E-state index contributed by atoms with van der Waals surface area (Å²) in [6.45, 7) is 9.74. The van der Waals surface area contributed by atoms with Crippen molar-refractivity contribution in [3.8, 4) is 0 Å². The van der Waals surface area contributed by atoms with Crippen LogP contribution in [0.3, 0.4) is 0 Å². The van der Waals surface area contributed by atoms with Crippen molar-refractivity contribution in [1.29, 1.82) is 0 Å². The van der Waals surface area contributed by atoms with Crippen LogP contribution < -0.4 is 5.32 Å². The van der Waals surface area contributed by atoms with Crippen LogP contribution >= 0.6 is 0 Å². The van der Waals surface area contributed by atoms with Crippen LogP contribution in [0.15, 0.2) is 18.5 Å². The van der Waals surface area contributed by atoms with Gasteiger partial charge < -0.3 is 5.32 Å². The van der Waals surface area contributed by atoms with E-state index in [9.17, 15) is 0 Å². The third kappa shape index (κ3) is 3.50. The smallest absolute Gasteiger partial charge is 0.142 e. The minimum Gasteiger partial charge on any atom is -0.309 e. The molecule has 1 fully saturated rings. The number of piperazine rings is 1. The van der Waals surface area contributed by atoms with Gasteiger partial charge in [0, 0.05) is 37.1 Å². The van der Waals surface area contributed by atoms with E-state index in [-0.39, 0.29) is 5.54 Å². The fourth-order valence-electron chi connectivity index (χ4n) is 2.61. The fourth-order valence-corrected chi connectivity index (χ4v) is 2.61. The van der Waals surface area contributed by atoms with E-state index in [2.05, 4.69) is 41.0 Å². The highest BCUT2D eigenvalue weighted by Gasteiger charge is 2.32. The SMILES string of the molecule is CCCC1CNC(C)(C)CN1Cc1ncccn1. The lowest BCUT2D eigenvalue weighted by atomic mass is 9.96. The highest BCUT2D eigenvalue weighted by Crippen LogP contribution is 2.19. The van der Waals surface area contributed by atoms with Crippen LogP contribution in [0.1, 0.15) is 39.4 Å². The molecule has 100 valence electrons. The number of hydrogen-bond donors (Lipinski definition) is 1. The van der Waals surface area contributed by atoms with Gasteiger partial charge in [0.15, 0.2) is 0 Å². The zero-order valence-electron chi connectivity index (χ0n) is 11.7. The average Bonchev–Trinajstić information content (AvgIpc) is 2.34. The number of nitrogens with one attached hydrogen (secondary N) is 1. The maximum Gasteiger partial charge on any atom is 0.142 e. The maximum atomic E-state index is 4.34. The van der Waals surface area contributed by atoms with Crippen LogP contribution in [0, 0.1) is 0 Å². The summed E-state index contributed by atoms with van der Waals surface area (Å²) in [4.78, 5) is 11.2. The van der Waals surface area contributed by atoms with Crippen LogP contribution in [-0.4, -0.2) is 39.5 Å². The lowest BCUT2D eigenvalue weighted by molar-refractivity contribution is 0.0802. The number of nitrogens with zero attached hydrogens (tertiary/aromatic N) is 3. The molecule has 1 atom stereocenters. The summed E-state index contributed by atoms with van der Waals surface area (Å²) in [5.41, 5.74) is 0.180. The predicted molar refractivity (Wildman–Crippen MR) is 73.2 cm³/mol. The van der Waals surface area contributed by atoms with E-state index < -0.39 is 0 Å². The zero-order chi connectivity index (χ0) is 13.0. The normalized spacial score (nSPS) is 24.1. The van der Waals surface area contributed by atoms with Gasteiger partial charge in [-0.1, -0.05) is 13.3 Å². The molecule has 1 unspecified atom stereocenters. The van der Waals surface area contributed by atoms with Gasteiger partial charge in [0.25, 0.3) is 0 Å². The lowest BCUT2D eigenvalue weighted by Crippen LogP contribution is -2.61. The van der Waals surface area contributed by atoms with Crippen molar-refractivity contribution in [2.24, 2.45) is 0 Å². The second kappa shape index (κ2) is 5.76. The monoisotopic (exact) mass is 248 g/mol. The third-order valence-electron chi connectivity index (χ3n) is 3.52. The van der Waals surface area contributed by atoms with Gasteiger partial charge in [-0.25, -0.2) is 9.97 Å². The van der Waals surface area contributed by atoms with Crippen molar-refractivity contribution in [3.63, 3.8) is 0 Å². The molecule has 1 saturated heterocycles. The number of rotatable bonds is 4. The zero-order valence-corrected chi connectivity index (χ0v) is 11.7. The summed E-state index contributed by atoms with van der Waals surface area (Å²) in [5, 5.41) is 3.63. The Morgan fingerprint density at radius 3 is 2.78 bits per heavy atom. The van der Waals surface area contributed by atoms with Gasteiger partial charge >= 0.3 is 0 Å². The summed E-state index contributed by atoms with van der Waals surface area (Å²) in [6, 6.07) is 2.47. The van der Waals surface area contributed by atoms with Crippen LogP contribution in [0.25, 0.3) is 0 Å². The van der Waals surface area contributed by atoms with Crippen molar-refractivity contribution in [2.75, 3.05) is 13.1 Å². The Morgan fingerprint density at radius 1 is 1.39 bits per heavy atom. The highest BCUT2D eigenvalue weighted by atomic mass is 15.3. The van der Waals surface area contributed by atoms with Crippen molar-refractivity contribution in [1.82, 2.24) is 20.2 Å². The largest absolute Gasteiger partial charge is 0.309 e. The molecule has 0 saturated carbocycles. The second-order valence-electron chi connectivity index (χ2n) is 5.78. The van der Waals surface area contributed by atoms with Crippen molar-refractivity contribution in [3.05, 3.63) is 24.3 Å². The molecule has 1 aromatic rings. The summed E-state index contributed by atoms with van der Waals surface area (Å²) in [5.74, 6) is 0.927. The Morgan fingerprint density at radius 2 is 2.11 bits per heavy atom. The van der Waals surface area contributed by atoms with Crippen LogP contribution in [0.5, 0.6) is 0 Å². The fraction of sp³-hybridized carbons (Fsp3) is 0.714. The minimum absolute atomic E-state index is 0.180. The summed E-state index contributed by atoms with van der Waals surface area (Å²) in [7, 11) is 0. The quantitative estimate of drug-likeness (QED) is 0.882. The first-order chi connectivity index (χ1) is 8.61. The van der Waals surface area contributed by atoms with Crippen LogP contribution in [0.4, 0.5) is 0 Å². The first kappa shape index (κ1) is 13.4. The van der Waals surface area contributed by atoms with Crippen LogP contribution in [-0.2, 0) is 6.54 Å². The van der Waals surface area contributed by atoms with Gasteiger partial charge in [-0.3, -0.25) is 4.90 Å². The predicted octanol–water partition coefficient (Wildman–Crippen LogP) is 1.83. The molecule has 18 heavy (non-hydrogen) atoms.